The lowest BCUT2D eigenvalue weighted by Gasteiger charge is -2.30. The maximum atomic E-state index is 13.4. The normalized spacial score (nSPS) is 20.7. The Morgan fingerprint density at radius 1 is 1.32 bits per heavy atom. The molecular weight excluding hydrogens is 317 g/mol. The fraction of sp³-hybridized carbons (Fsp3) is 0.533. The van der Waals surface area contributed by atoms with Gasteiger partial charge in [0.25, 0.3) is 5.91 Å². The number of hydrogen-bond donors (Lipinski definition) is 1. The van der Waals surface area contributed by atoms with Crippen molar-refractivity contribution < 1.29 is 18.0 Å². The number of carbonyl (C=O) groups excluding carboxylic acids is 1. The molecule has 22 heavy (non-hydrogen) atoms. The van der Waals surface area contributed by atoms with E-state index in [1.54, 1.807) is 11.0 Å². The van der Waals surface area contributed by atoms with Gasteiger partial charge >= 0.3 is 6.18 Å². The minimum Gasteiger partial charge on any atom is -0.329 e. The summed E-state index contributed by atoms with van der Waals surface area (Å²) in [6, 6.07) is 2.62. The third kappa shape index (κ3) is 2.58. The molecule has 0 radical (unpaired) electrons. The summed E-state index contributed by atoms with van der Waals surface area (Å²) in [6.07, 6.45) is -4.51. The van der Waals surface area contributed by atoms with E-state index in [0.29, 0.717) is 30.8 Å². The SMILES string of the molecule is CC(C)c1cc2c(c(C(F)(F)F)c1)C(=O)N1CCNC[C@@H]21.Cl. The number of piperazine rings is 1. The summed E-state index contributed by atoms with van der Waals surface area (Å²) in [5.41, 5.74) is 0.204. The molecule has 3 rings (SSSR count). The third-order valence-electron chi connectivity index (χ3n) is 4.24. The van der Waals surface area contributed by atoms with E-state index in [2.05, 4.69) is 5.32 Å². The summed E-state index contributed by atoms with van der Waals surface area (Å²) < 4.78 is 40.1. The number of carbonyl (C=O) groups is 1. The number of nitrogens with zero attached hydrogens (tertiary/aromatic N) is 1. The first-order valence-corrected chi connectivity index (χ1v) is 7.07. The Kier molecular flexibility index (Phi) is 4.46. The summed E-state index contributed by atoms with van der Waals surface area (Å²) in [7, 11) is 0. The van der Waals surface area contributed by atoms with Crippen LogP contribution in [0.4, 0.5) is 13.2 Å². The molecule has 1 fully saturated rings. The van der Waals surface area contributed by atoms with Crippen LogP contribution in [0, 0.1) is 0 Å². The van der Waals surface area contributed by atoms with Crippen LogP contribution < -0.4 is 5.32 Å². The number of fused-ring (bicyclic) bond motifs is 3. The molecule has 3 nitrogen and oxygen atoms in total. The van der Waals surface area contributed by atoms with E-state index >= 15 is 0 Å². The molecule has 0 unspecified atom stereocenters. The Bertz CT molecular complexity index is 601. The van der Waals surface area contributed by atoms with Gasteiger partial charge in [0.1, 0.15) is 0 Å². The van der Waals surface area contributed by atoms with E-state index in [0.717, 1.165) is 6.07 Å². The van der Waals surface area contributed by atoms with Crippen LogP contribution in [0.5, 0.6) is 0 Å². The van der Waals surface area contributed by atoms with Gasteiger partial charge in [-0.05, 0) is 23.1 Å². The molecule has 0 aromatic heterocycles. The van der Waals surface area contributed by atoms with Gasteiger partial charge in [-0.15, -0.1) is 12.4 Å². The molecule has 0 spiro atoms. The lowest BCUT2D eigenvalue weighted by Crippen LogP contribution is -2.44. The number of rotatable bonds is 1. The Hall–Kier alpha value is -1.27. The predicted octanol–water partition coefficient (Wildman–Crippen LogP) is 3.35. The van der Waals surface area contributed by atoms with Crippen molar-refractivity contribution in [3.63, 3.8) is 0 Å². The summed E-state index contributed by atoms with van der Waals surface area (Å²) in [5, 5.41) is 3.15. The number of halogens is 4. The van der Waals surface area contributed by atoms with Gasteiger partial charge in [-0.1, -0.05) is 19.9 Å². The van der Waals surface area contributed by atoms with Crippen molar-refractivity contribution in [1.29, 1.82) is 0 Å². The van der Waals surface area contributed by atoms with Gasteiger partial charge in [-0.3, -0.25) is 4.79 Å². The first-order valence-electron chi connectivity index (χ1n) is 7.07. The average molecular weight is 335 g/mol. The Labute approximate surface area is 133 Å². The quantitative estimate of drug-likeness (QED) is 0.854. The number of amides is 1. The molecule has 1 amide bonds. The molecular formula is C15H18ClF3N2O. The lowest BCUT2D eigenvalue weighted by atomic mass is 9.91. The number of alkyl halides is 3. The smallest absolute Gasteiger partial charge is 0.329 e. The van der Waals surface area contributed by atoms with Gasteiger partial charge in [0, 0.05) is 19.6 Å². The molecule has 7 heteroatoms. The minimum atomic E-state index is -4.51. The third-order valence-corrected chi connectivity index (χ3v) is 4.24. The van der Waals surface area contributed by atoms with Crippen molar-refractivity contribution >= 4 is 18.3 Å². The average Bonchev–Trinajstić information content (AvgIpc) is 2.71. The van der Waals surface area contributed by atoms with Gasteiger partial charge in [-0.25, -0.2) is 0 Å². The summed E-state index contributed by atoms with van der Waals surface area (Å²) in [5.74, 6) is -0.503. The molecule has 2 aliphatic heterocycles. The summed E-state index contributed by atoms with van der Waals surface area (Å²) in [4.78, 5) is 13.9. The molecule has 2 heterocycles. The van der Waals surface area contributed by atoms with Crippen molar-refractivity contribution in [3.05, 3.63) is 34.4 Å². The molecule has 1 aromatic carbocycles. The van der Waals surface area contributed by atoms with Crippen LogP contribution in [0.15, 0.2) is 12.1 Å². The van der Waals surface area contributed by atoms with Crippen LogP contribution in [0.2, 0.25) is 0 Å². The van der Waals surface area contributed by atoms with Crippen LogP contribution in [0.3, 0.4) is 0 Å². The van der Waals surface area contributed by atoms with Crippen LogP contribution in [0.1, 0.15) is 52.9 Å². The van der Waals surface area contributed by atoms with Crippen molar-refractivity contribution in [3.8, 4) is 0 Å². The van der Waals surface area contributed by atoms with Crippen molar-refractivity contribution in [2.75, 3.05) is 19.6 Å². The van der Waals surface area contributed by atoms with E-state index in [4.69, 9.17) is 0 Å². The Morgan fingerprint density at radius 2 is 2.00 bits per heavy atom. The molecule has 0 saturated carbocycles. The Balaban J connectivity index is 0.00000176. The van der Waals surface area contributed by atoms with Gasteiger partial charge < -0.3 is 10.2 Å². The number of hydrogen-bond acceptors (Lipinski definition) is 2. The molecule has 1 N–H and O–H groups in total. The highest BCUT2D eigenvalue weighted by Gasteiger charge is 2.45. The molecule has 1 atom stereocenters. The zero-order valence-electron chi connectivity index (χ0n) is 12.3. The highest BCUT2D eigenvalue weighted by atomic mass is 35.5. The zero-order chi connectivity index (χ0) is 15.4. The zero-order valence-corrected chi connectivity index (χ0v) is 13.1. The fourth-order valence-electron chi connectivity index (χ4n) is 3.11. The van der Waals surface area contributed by atoms with Crippen LogP contribution in [-0.2, 0) is 6.18 Å². The molecule has 0 aliphatic carbocycles. The molecule has 0 bridgehead atoms. The maximum Gasteiger partial charge on any atom is 0.417 e. The van der Waals surface area contributed by atoms with E-state index < -0.39 is 17.6 Å². The van der Waals surface area contributed by atoms with E-state index in [1.165, 1.54) is 0 Å². The minimum absolute atomic E-state index is 0. The van der Waals surface area contributed by atoms with Gasteiger partial charge in [0.05, 0.1) is 17.2 Å². The first kappa shape index (κ1) is 17.1. The van der Waals surface area contributed by atoms with Gasteiger partial charge in [-0.2, -0.15) is 13.2 Å². The van der Waals surface area contributed by atoms with Crippen LogP contribution in [0.25, 0.3) is 0 Å². The maximum absolute atomic E-state index is 13.4. The fourth-order valence-corrected chi connectivity index (χ4v) is 3.11. The van der Waals surface area contributed by atoms with Gasteiger partial charge in [0.15, 0.2) is 0 Å². The molecule has 122 valence electrons. The van der Waals surface area contributed by atoms with Crippen LogP contribution >= 0.6 is 12.4 Å². The largest absolute Gasteiger partial charge is 0.417 e. The van der Waals surface area contributed by atoms with Crippen molar-refractivity contribution in [2.45, 2.75) is 32.0 Å². The number of benzene rings is 1. The predicted molar refractivity (Wildman–Crippen MR) is 79.4 cm³/mol. The Morgan fingerprint density at radius 3 is 2.59 bits per heavy atom. The summed E-state index contributed by atoms with van der Waals surface area (Å²) in [6.45, 7) is 5.30. The molecule has 2 aliphatic rings. The monoisotopic (exact) mass is 334 g/mol. The van der Waals surface area contributed by atoms with Crippen molar-refractivity contribution in [1.82, 2.24) is 10.2 Å². The summed E-state index contributed by atoms with van der Waals surface area (Å²) >= 11 is 0. The van der Waals surface area contributed by atoms with E-state index in [9.17, 15) is 18.0 Å². The van der Waals surface area contributed by atoms with E-state index in [1.807, 2.05) is 13.8 Å². The second-order valence-electron chi connectivity index (χ2n) is 5.90. The van der Waals surface area contributed by atoms with Crippen LogP contribution in [-0.4, -0.2) is 30.4 Å². The van der Waals surface area contributed by atoms with E-state index in [-0.39, 0.29) is 29.9 Å². The molecule has 1 saturated heterocycles. The second-order valence-corrected chi connectivity index (χ2v) is 5.90. The van der Waals surface area contributed by atoms with Gasteiger partial charge in [0.2, 0.25) is 0 Å². The number of nitrogens with one attached hydrogen (secondary N) is 1. The first-order chi connectivity index (χ1) is 9.80. The second kappa shape index (κ2) is 5.74. The topological polar surface area (TPSA) is 32.3 Å². The highest BCUT2D eigenvalue weighted by molar-refractivity contribution is 6.01. The lowest BCUT2D eigenvalue weighted by molar-refractivity contribution is -0.138. The standard InChI is InChI=1S/C15H17F3N2O.ClH/c1-8(2)9-5-10-12-7-19-3-4-20(12)14(21)13(10)11(6-9)15(16,17)18;/h5-6,8,12,19H,3-4,7H2,1-2H3;1H/t12-;/m0./s1. The highest BCUT2D eigenvalue weighted by Crippen LogP contribution is 2.43. The van der Waals surface area contributed by atoms with Crippen molar-refractivity contribution in [2.24, 2.45) is 0 Å². The molecule has 1 aromatic rings.